The van der Waals surface area contributed by atoms with Gasteiger partial charge in [-0.15, -0.1) is 0 Å². The molecule has 0 heterocycles. The summed E-state index contributed by atoms with van der Waals surface area (Å²) in [6, 6.07) is 0. The molecule has 0 aliphatic heterocycles. The molecule has 0 radical (unpaired) electrons. The zero-order valence-electron chi connectivity index (χ0n) is 13.9. The Morgan fingerprint density at radius 3 is 2.04 bits per heavy atom. The molecule has 4 N–H and O–H groups in total. The lowest BCUT2D eigenvalue weighted by atomic mass is 10.0. The zero-order valence-corrected chi connectivity index (χ0v) is 13.9. The second kappa shape index (κ2) is 13.4. The predicted molar refractivity (Wildman–Crippen MR) is 82.5 cm³/mol. The number of halogens is 1. The molecule has 0 bridgehead atoms. The van der Waals surface area contributed by atoms with Gasteiger partial charge in [0.1, 0.15) is 6.17 Å². The lowest BCUT2D eigenvalue weighted by Crippen LogP contribution is -2.41. The molecular weight excluding hydrogens is 311 g/mol. The van der Waals surface area contributed by atoms with Crippen LogP contribution in [0, 0.1) is 0 Å². The maximum absolute atomic E-state index is 13.4. The summed E-state index contributed by atoms with van der Waals surface area (Å²) in [5, 5.41) is 10.5. The van der Waals surface area contributed by atoms with E-state index in [9.17, 15) is 9.18 Å². The van der Waals surface area contributed by atoms with Crippen LogP contribution in [0.2, 0.25) is 0 Å². The first-order chi connectivity index (χ1) is 10.9. The molecule has 0 spiro atoms. The SMILES string of the molecule is CC(C)(OCCOCCOCCOCCNC(=O)O)C(F)CN. The Morgan fingerprint density at radius 1 is 1.09 bits per heavy atom. The smallest absolute Gasteiger partial charge is 0.404 e. The molecule has 1 unspecified atom stereocenters. The largest absolute Gasteiger partial charge is 0.465 e. The Labute approximate surface area is 136 Å². The highest BCUT2D eigenvalue weighted by atomic mass is 19.1. The standard InChI is InChI=1S/C14H29FN2O6/c1-14(2,12(15)11-16)23-10-9-22-8-7-21-6-5-20-4-3-17-13(18)19/h12,17H,3-11,16H2,1-2H3,(H,18,19). The Kier molecular flexibility index (Phi) is 12.9. The molecule has 1 amide bonds. The predicted octanol–water partition coefficient (Wildman–Crippen LogP) is 0.396. The molecule has 0 aromatic carbocycles. The lowest BCUT2D eigenvalue weighted by molar-refractivity contribution is -0.0883. The third-order valence-electron chi connectivity index (χ3n) is 2.93. The number of ether oxygens (including phenoxy) is 4. The maximum Gasteiger partial charge on any atom is 0.404 e. The van der Waals surface area contributed by atoms with Crippen LogP contribution in [-0.2, 0) is 18.9 Å². The second-order valence-corrected chi connectivity index (χ2v) is 5.22. The van der Waals surface area contributed by atoms with E-state index >= 15 is 0 Å². The molecule has 0 rings (SSSR count). The van der Waals surface area contributed by atoms with Crippen LogP contribution >= 0.6 is 0 Å². The molecular formula is C14H29FN2O6. The van der Waals surface area contributed by atoms with Gasteiger partial charge >= 0.3 is 6.09 Å². The van der Waals surface area contributed by atoms with Crippen LogP contribution in [0.3, 0.4) is 0 Å². The lowest BCUT2D eigenvalue weighted by Gasteiger charge is -2.28. The van der Waals surface area contributed by atoms with Crippen LogP contribution in [0.15, 0.2) is 0 Å². The van der Waals surface area contributed by atoms with E-state index in [2.05, 4.69) is 5.32 Å². The number of amides is 1. The molecule has 23 heavy (non-hydrogen) atoms. The van der Waals surface area contributed by atoms with Crippen molar-refractivity contribution in [1.29, 1.82) is 0 Å². The van der Waals surface area contributed by atoms with Gasteiger partial charge < -0.3 is 35.1 Å². The molecule has 0 aliphatic rings. The van der Waals surface area contributed by atoms with Crippen molar-refractivity contribution in [1.82, 2.24) is 5.32 Å². The van der Waals surface area contributed by atoms with Gasteiger partial charge in [-0.3, -0.25) is 0 Å². The summed E-state index contributed by atoms with van der Waals surface area (Å²) in [6.07, 6.45) is -2.28. The molecule has 8 nitrogen and oxygen atoms in total. The Hall–Kier alpha value is -1.00. The molecule has 9 heteroatoms. The van der Waals surface area contributed by atoms with Crippen LogP contribution in [0.25, 0.3) is 0 Å². The highest BCUT2D eigenvalue weighted by Crippen LogP contribution is 2.16. The minimum atomic E-state index is -1.21. The molecule has 0 saturated heterocycles. The zero-order chi connectivity index (χ0) is 17.6. The number of hydrogen-bond donors (Lipinski definition) is 3. The van der Waals surface area contributed by atoms with Crippen molar-refractivity contribution < 1.29 is 33.2 Å². The summed E-state index contributed by atoms with van der Waals surface area (Å²) in [6.45, 7) is 6.02. The topological polar surface area (TPSA) is 112 Å². The van der Waals surface area contributed by atoms with E-state index in [4.69, 9.17) is 29.8 Å². The number of carboxylic acid groups (broad SMARTS) is 1. The molecule has 138 valence electrons. The number of carbonyl (C=O) groups is 1. The summed E-state index contributed by atoms with van der Waals surface area (Å²) in [7, 11) is 0. The van der Waals surface area contributed by atoms with E-state index in [1.54, 1.807) is 13.8 Å². The van der Waals surface area contributed by atoms with Crippen molar-refractivity contribution in [3.05, 3.63) is 0 Å². The van der Waals surface area contributed by atoms with Crippen LogP contribution in [-0.4, -0.2) is 82.3 Å². The van der Waals surface area contributed by atoms with Crippen LogP contribution in [0.5, 0.6) is 0 Å². The fraction of sp³-hybridized carbons (Fsp3) is 0.929. The fourth-order valence-corrected chi connectivity index (χ4v) is 1.51. The Balaban J connectivity index is 3.26. The van der Waals surface area contributed by atoms with Gasteiger partial charge in [0.15, 0.2) is 0 Å². The van der Waals surface area contributed by atoms with Crippen molar-refractivity contribution >= 4 is 6.09 Å². The average molecular weight is 340 g/mol. The number of alkyl halides is 1. The normalized spacial score (nSPS) is 13.0. The highest BCUT2D eigenvalue weighted by Gasteiger charge is 2.28. The number of nitrogens with two attached hydrogens (primary N) is 1. The van der Waals surface area contributed by atoms with Crippen molar-refractivity contribution in [3.8, 4) is 0 Å². The highest BCUT2D eigenvalue weighted by molar-refractivity contribution is 5.64. The van der Waals surface area contributed by atoms with E-state index in [0.29, 0.717) is 39.6 Å². The van der Waals surface area contributed by atoms with E-state index in [1.165, 1.54) is 0 Å². The van der Waals surface area contributed by atoms with E-state index in [1.807, 2.05) is 0 Å². The number of nitrogens with one attached hydrogen (secondary N) is 1. The minimum absolute atomic E-state index is 0.0733. The molecule has 0 aliphatic carbocycles. The minimum Gasteiger partial charge on any atom is -0.465 e. The van der Waals surface area contributed by atoms with Crippen molar-refractivity contribution in [2.24, 2.45) is 5.73 Å². The van der Waals surface area contributed by atoms with E-state index in [-0.39, 0.29) is 19.7 Å². The Bertz CT molecular complexity index is 307. The molecule has 0 aromatic rings. The van der Waals surface area contributed by atoms with Crippen molar-refractivity contribution in [2.45, 2.75) is 25.6 Å². The van der Waals surface area contributed by atoms with Gasteiger partial charge in [-0.05, 0) is 13.8 Å². The first kappa shape index (κ1) is 22.0. The summed E-state index contributed by atoms with van der Waals surface area (Å²) < 4.78 is 34.5. The second-order valence-electron chi connectivity index (χ2n) is 5.22. The summed E-state index contributed by atoms with van der Waals surface area (Å²) in [5.74, 6) is 0. The number of rotatable bonds is 15. The summed E-state index contributed by atoms with van der Waals surface area (Å²) in [5.41, 5.74) is 4.35. The van der Waals surface area contributed by atoms with Crippen LogP contribution in [0.1, 0.15) is 13.8 Å². The van der Waals surface area contributed by atoms with Gasteiger partial charge in [0.2, 0.25) is 0 Å². The van der Waals surface area contributed by atoms with E-state index < -0.39 is 17.9 Å². The van der Waals surface area contributed by atoms with Gasteiger partial charge in [-0.1, -0.05) is 0 Å². The number of hydrogen-bond acceptors (Lipinski definition) is 6. The summed E-state index contributed by atoms with van der Waals surface area (Å²) >= 11 is 0. The van der Waals surface area contributed by atoms with Gasteiger partial charge in [0.25, 0.3) is 0 Å². The molecule has 0 fully saturated rings. The first-order valence-corrected chi connectivity index (χ1v) is 7.58. The first-order valence-electron chi connectivity index (χ1n) is 7.58. The van der Waals surface area contributed by atoms with Gasteiger partial charge in [-0.25, -0.2) is 9.18 Å². The quantitative estimate of drug-likeness (QED) is 0.370. The van der Waals surface area contributed by atoms with Crippen LogP contribution < -0.4 is 11.1 Å². The Morgan fingerprint density at radius 2 is 1.57 bits per heavy atom. The van der Waals surface area contributed by atoms with Crippen molar-refractivity contribution in [2.75, 3.05) is 59.3 Å². The fourth-order valence-electron chi connectivity index (χ4n) is 1.51. The molecule has 0 aromatic heterocycles. The van der Waals surface area contributed by atoms with Crippen molar-refractivity contribution in [3.63, 3.8) is 0 Å². The third kappa shape index (κ3) is 13.2. The molecule has 0 saturated carbocycles. The summed E-state index contributed by atoms with van der Waals surface area (Å²) in [4.78, 5) is 10.1. The van der Waals surface area contributed by atoms with Gasteiger partial charge in [-0.2, -0.15) is 0 Å². The molecule has 1 atom stereocenters. The monoisotopic (exact) mass is 340 g/mol. The maximum atomic E-state index is 13.4. The van der Waals surface area contributed by atoms with Crippen LogP contribution in [0.4, 0.5) is 9.18 Å². The average Bonchev–Trinajstić information content (AvgIpc) is 2.50. The third-order valence-corrected chi connectivity index (χ3v) is 2.93. The van der Waals surface area contributed by atoms with Gasteiger partial charge in [0.05, 0.1) is 51.8 Å². The van der Waals surface area contributed by atoms with E-state index in [0.717, 1.165) is 0 Å². The van der Waals surface area contributed by atoms with Gasteiger partial charge in [0, 0.05) is 13.1 Å².